The number of aromatic nitrogens is 3. The number of nitrogens with one attached hydrogen (secondary N) is 1. The molecule has 0 unspecified atom stereocenters. The molecule has 0 saturated heterocycles. The lowest BCUT2D eigenvalue weighted by molar-refractivity contribution is 0.284. The molecule has 1 N–H and O–H groups in total. The van der Waals surface area contributed by atoms with E-state index >= 15 is 0 Å². The minimum absolute atomic E-state index is 0.419. The number of hydrogen-bond acceptors (Lipinski definition) is 5. The first-order valence-corrected chi connectivity index (χ1v) is 10.6. The van der Waals surface area contributed by atoms with Crippen LogP contribution in [0.15, 0.2) is 36.6 Å². The average molecular weight is 404 g/mol. The molecule has 0 fully saturated rings. The van der Waals surface area contributed by atoms with E-state index in [2.05, 4.69) is 66.0 Å². The van der Waals surface area contributed by atoms with Crippen molar-refractivity contribution in [3.8, 4) is 16.6 Å². The number of aromatic amines is 1. The van der Waals surface area contributed by atoms with Crippen molar-refractivity contribution in [2.24, 2.45) is 0 Å². The molecule has 0 bridgehead atoms. The summed E-state index contributed by atoms with van der Waals surface area (Å²) in [6, 6.07) is 6.70. The monoisotopic (exact) mass is 403 g/mol. The van der Waals surface area contributed by atoms with Gasteiger partial charge in [-0.15, -0.1) is 11.3 Å². The summed E-state index contributed by atoms with van der Waals surface area (Å²) in [4.78, 5) is 16.1. The van der Waals surface area contributed by atoms with Crippen LogP contribution in [0.3, 0.4) is 0 Å². The first-order valence-electron chi connectivity index (χ1n) is 9.82. The van der Waals surface area contributed by atoms with Crippen LogP contribution >= 0.6 is 11.3 Å². The number of thiazole rings is 1. The van der Waals surface area contributed by atoms with Crippen LogP contribution in [-0.4, -0.2) is 31.9 Å². The fourth-order valence-corrected chi connectivity index (χ4v) is 4.59. The third-order valence-corrected chi connectivity index (χ3v) is 6.73. The fraction of sp³-hybridized carbons (Fsp3) is 0.348. The van der Waals surface area contributed by atoms with E-state index in [0.717, 1.165) is 38.7 Å². The molecule has 1 aliphatic heterocycles. The van der Waals surface area contributed by atoms with Crippen molar-refractivity contribution in [1.82, 2.24) is 19.9 Å². The van der Waals surface area contributed by atoms with Crippen LogP contribution in [-0.2, 0) is 0 Å². The first-order chi connectivity index (χ1) is 13.8. The van der Waals surface area contributed by atoms with Crippen LogP contribution in [0.25, 0.3) is 27.3 Å². The molecule has 4 heterocycles. The Balaban J connectivity index is 1.75. The van der Waals surface area contributed by atoms with Gasteiger partial charge in [0.15, 0.2) is 0 Å². The standard InChI is InChI=1S/C23H25N5S/c1-14(2)22-26-15(3)20(29-22)18-11-16-10-17(12-25-21(16)27-18)19-8-6-7-9-28(19)23(4,5)13-24/h6-8,10-12,14H,9H2,1-5H3,(H,25,27). The van der Waals surface area contributed by atoms with Gasteiger partial charge >= 0.3 is 0 Å². The maximum Gasteiger partial charge on any atom is 0.137 e. The van der Waals surface area contributed by atoms with Gasteiger partial charge in [0.05, 0.1) is 27.3 Å². The Morgan fingerprint density at radius 1 is 1.31 bits per heavy atom. The summed E-state index contributed by atoms with van der Waals surface area (Å²) >= 11 is 1.74. The van der Waals surface area contributed by atoms with E-state index in [-0.39, 0.29) is 0 Å². The van der Waals surface area contributed by atoms with Crippen molar-refractivity contribution in [3.63, 3.8) is 0 Å². The van der Waals surface area contributed by atoms with Gasteiger partial charge in [0.25, 0.3) is 0 Å². The summed E-state index contributed by atoms with van der Waals surface area (Å²) in [6.45, 7) is 11.0. The normalized spacial score (nSPS) is 14.5. The number of nitriles is 1. The second kappa shape index (κ2) is 7.16. The van der Waals surface area contributed by atoms with Crippen molar-refractivity contribution in [2.45, 2.75) is 46.1 Å². The van der Waals surface area contributed by atoms with Crippen LogP contribution in [0.4, 0.5) is 0 Å². The molecule has 148 valence electrons. The lowest BCUT2D eigenvalue weighted by Gasteiger charge is -2.37. The Morgan fingerprint density at radius 3 is 2.79 bits per heavy atom. The molecule has 5 nitrogen and oxygen atoms in total. The van der Waals surface area contributed by atoms with Crippen LogP contribution < -0.4 is 0 Å². The first kappa shape index (κ1) is 19.4. The van der Waals surface area contributed by atoms with E-state index in [9.17, 15) is 5.26 Å². The predicted octanol–water partition coefficient (Wildman–Crippen LogP) is 5.63. The Morgan fingerprint density at radius 2 is 2.10 bits per heavy atom. The number of nitrogens with zero attached hydrogens (tertiary/aromatic N) is 4. The number of pyridine rings is 1. The molecule has 0 radical (unpaired) electrons. The number of fused-ring (bicyclic) bond motifs is 1. The summed E-state index contributed by atoms with van der Waals surface area (Å²) < 4.78 is 0. The van der Waals surface area contributed by atoms with Crippen molar-refractivity contribution < 1.29 is 0 Å². The highest BCUT2D eigenvalue weighted by molar-refractivity contribution is 7.15. The Labute approximate surface area is 175 Å². The van der Waals surface area contributed by atoms with Gasteiger partial charge in [-0.2, -0.15) is 5.26 Å². The van der Waals surface area contributed by atoms with Crippen LogP contribution in [0.5, 0.6) is 0 Å². The maximum absolute atomic E-state index is 9.61. The van der Waals surface area contributed by atoms with Crippen molar-refractivity contribution in [3.05, 3.63) is 52.8 Å². The van der Waals surface area contributed by atoms with Crippen molar-refractivity contribution in [2.75, 3.05) is 6.54 Å². The molecule has 0 amide bonds. The topological polar surface area (TPSA) is 68.6 Å². The van der Waals surface area contributed by atoms with Crippen LogP contribution in [0.2, 0.25) is 0 Å². The number of aryl methyl sites for hydroxylation is 1. The molecule has 0 atom stereocenters. The second-order valence-corrected chi connectivity index (χ2v) is 9.26. The molecule has 0 spiro atoms. The largest absolute Gasteiger partial charge is 0.349 e. The third kappa shape index (κ3) is 3.47. The highest BCUT2D eigenvalue weighted by atomic mass is 32.1. The minimum atomic E-state index is -0.595. The van der Waals surface area contributed by atoms with E-state index in [1.807, 2.05) is 26.1 Å². The van der Waals surface area contributed by atoms with Crippen LogP contribution in [0, 0.1) is 18.3 Å². The summed E-state index contributed by atoms with van der Waals surface area (Å²) in [5.74, 6) is 0.419. The van der Waals surface area contributed by atoms with Crippen molar-refractivity contribution >= 4 is 28.1 Å². The number of H-pyrrole nitrogens is 1. The minimum Gasteiger partial charge on any atom is -0.349 e. The van der Waals surface area contributed by atoms with E-state index in [1.54, 1.807) is 11.3 Å². The predicted molar refractivity (Wildman–Crippen MR) is 120 cm³/mol. The lowest BCUT2D eigenvalue weighted by Crippen LogP contribution is -2.42. The molecule has 3 aromatic heterocycles. The van der Waals surface area contributed by atoms with Gasteiger partial charge in [-0.3, -0.25) is 0 Å². The molecule has 0 saturated carbocycles. The van der Waals surface area contributed by atoms with Crippen LogP contribution in [0.1, 0.15) is 49.9 Å². The highest BCUT2D eigenvalue weighted by Gasteiger charge is 2.29. The molecule has 1 aliphatic rings. The number of rotatable bonds is 4. The highest BCUT2D eigenvalue weighted by Crippen LogP contribution is 2.35. The summed E-state index contributed by atoms with van der Waals surface area (Å²) in [5, 5.41) is 11.8. The van der Waals surface area contributed by atoms with Gasteiger partial charge in [-0.05, 0) is 39.0 Å². The fourth-order valence-electron chi connectivity index (χ4n) is 3.55. The lowest BCUT2D eigenvalue weighted by atomic mass is 9.99. The zero-order valence-corrected chi connectivity index (χ0v) is 18.3. The molecule has 3 aromatic rings. The summed E-state index contributed by atoms with van der Waals surface area (Å²) in [6.07, 6.45) is 8.05. The van der Waals surface area contributed by atoms with E-state index < -0.39 is 5.54 Å². The molecule has 6 heteroatoms. The van der Waals surface area contributed by atoms with Gasteiger partial charge in [0.1, 0.15) is 11.2 Å². The number of hydrogen-bond donors (Lipinski definition) is 1. The Hall–Kier alpha value is -2.91. The van der Waals surface area contributed by atoms with Crippen molar-refractivity contribution in [1.29, 1.82) is 5.26 Å². The quantitative estimate of drug-likeness (QED) is 0.613. The summed E-state index contributed by atoms with van der Waals surface area (Å²) in [5.41, 5.74) is 4.40. The molecule has 0 aliphatic carbocycles. The second-order valence-electron chi connectivity index (χ2n) is 8.23. The Bertz CT molecular complexity index is 1170. The van der Waals surface area contributed by atoms with Gasteiger partial charge < -0.3 is 9.88 Å². The summed E-state index contributed by atoms with van der Waals surface area (Å²) in [7, 11) is 0. The number of allylic oxidation sites excluding steroid dienone is 2. The average Bonchev–Trinajstić information content (AvgIpc) is 3.30. The smallest absolute Gasteiger partial charge is 0.137 e. The van der Waals surface area contributed by atoms with Gasteiger partial charge in [0, 0.05) is 35.3 Å². The molecular weight excluding hydrogens is 378 g/mol. The molecule has 29 heavy (non-hydrogen) atoms. The molecule has 0 aromatic carbocycles. The van der Waals surface area contributed by atoms with Gasteiger partial charge in [-0.25, -0.2) is 9.97 Å². The van der Waals surface area contributed by atoms with E-state index in [4.69, 9.17) is 4.98 Å². The van der Waals surface area contributed by atoms with E-state index in [1.165, 1.54) is 4.88 Å². The molecule has 4 rings (SSSR count). The molecular formula is C23H25N5S. The SMILES string of the molecule is Cc1nc(C(C)C)sc1-c1cc2cc(C3=CC=CCN3C(C)(C)C#N)cnc2[nH]1. The van der Waals surface area contributed by atoms with E-state index in [0.29, 0.717) is 12.5 Å². The zero-order chi connectivity index (χ0) is 20.8. The Kier molecular flexibility index (Phi) is 4.79. The van der Waals surface area contributed by atoms with Gasteiger partial charge in [-0.1, -0.05) is 26.0 Å². The third-order valence-electron chi connectivity index (χ3n) is 5.23. The van der Waals surface area contributed by atoms with Gasteiger partial charge in [0.2, 0.25) is 0 Å². The zero-order valence-electron chi connectivity index (χ0n) is 17.4. The maximum atomic E-state index is 9.61.